The molecule has 0 radical (unpaired) electrons. The first-order valence-corrected chi connectivity index (χ1v) is 14.0. The topological polar surface area (TPSA) is 78.5 Å². The highest BCUT2D eigenvalue weighted by Gasteiger charge is 2.20. The Hall–Kier alpha value is -5.63. The van der Waals surface area contributed by atoms with E-state index in [1.807, 2.05) is 44.2 Å². The summed E-state index contributed by atoms with van der Waals surface area (Å²) in [4.78, 5) is 8.89. The Morgan fingerprint density at radius 1 is 1.00 bits per heavy atom. The van der Waals surface area contributed by atoms with Gasteiger partial charge in [-0.15, -0.1) is 0 Å². The SMILES string of the molecule is C=C/C(=C\C(=C/C)c1cnc2n[nH]c(C(=C)Nc3ccnc(-c4ccc(F)cc4)c3C)c2c1F)NC(=C)Cc1ccccc1. The van der Waals surface area contributed by atoms with Crippen molar-refractivity contribution in [3.63, 3.8) is 0 Å². The maximum Gasteiger partial charge on any atom is 0.184 e. The first-order valence-electron chi connectivity index (χ1n) is 14.0. The standard InChI is InChI=1S/C36H32F2N6/c1-6-26(20-29(7-2)41-22(3)19-25-11-9-8-10-12-25)30-21-40-36-32(33(30)38)35(43-44-36)24(5)42-31-17-18-39-34(23(31)4)27-13-15-28(37)16-14-27/h6-18,20-21,41H,2-3,5,19H2,1,4H3,(H,39,42)(H,40,43,44)/b26-6+,29-20+. The average Bonchev–Trinajstić information content (AvgIpc) is 3.47. The van der Waals surface area contributed by atoms with Gasteiger partial charge in [0.25, 0.3) is 0 Å². The lowest BCUT2D eigenvalue weighted by Crippen LogP contribution is -2.12. The van der Waals surface area contributed by atoms with Crippen molar-refractivity contribution in [2.45, 2.75) is 20.3 Å². The van der Waals surface area contributed by atoms with E-state index in [0.29, 0.717) is 46.0 Å². The molecule has 44 heavy (non-hydrogen) atoms. The van der Waals surface area contributed by atoms with Gasteiger partial charge in [0.2, 0.25) is 0 Å². The number of nitrogens with zero attached hydrogens (tertiary/aromatic N) is 3. The van der Waals surface area contributed by atoms with Crippen LogP contribution in [0.3, 0.4) is 0 Å². The van der Waals surface area contributed by atoms with Crippen molar-refractivity contribution in [3.05, 3.63) is 156 Å². The van der Waals surface area contributed by atoms with Crippen LogP contribution in [-0.4, -0.2) is 20.2 Å². The summed E-state index contributed by atoms with van der Waals surface area (Å²) < 4.78 is 29.7. The fourth-order valence-corrected chi connectivity index (χ4v) is 4.89. The van der Waals surface area contributed by atoms with E-state index in [-0.39, 0.29) is 16.9 Å². The summed E-state index contributed by atoms with van der Waals surface area (Å²) >= 11 is 0. The number of pyridine rings is 2. The maximum atomic E-state index is 16.3. The average molecular weight is 587 g/mol. The van der Waals surface area contributed by atoms with Crippen molar-refractivity contribution in [1.29, 1.82) is 0 Å². The molecular formula is C36H32F2N6. The number of H-pyrrole nitrogens is 1. The molecule has 0 saturated heterocycles. The molecule has 5 aromatic rings. The van der Waals surface area contributed by atoms with Gasteiger partial charge in [-0.1, -0.05) is 56.1 Å². The largest absolute Gasteiger partial charge is 0.359 e. The molecule has 0 spiro atoms. The second-order valence-corrected chi connectivity index (χ2v) is 10.2. The van der Waals surface area contributed by atoms with Gasteiger partial charge in [0.05, 0.1) is 22.5 Å². The predicted octanol–water partition coefficient (Wildman–Crippen LogP) is 8.51. The molecule has 3 N–H and O–H groups in total. The fraction of sp³-hybridized carbons (Fsp3) is 0.0833. The number of allylic oxidation sites excluding steroid dienone is 5. The van der Waals surface area contributed by atoms with Gasteiger partial charge < -0.3 is 10.6 Å². The molecule has 5 rings (SSSR count). The summed E-state index contributed by atoms with van der Waals surface area (Å²) in [5, 5.41) is 13.9. The van der Waals surface area contributed by atoms with E-state index in [1.54, 1.807) is 42.6 Å². The molecule has 220 valence electrons. The van der Waals surface area contributed by atoms with Crippen LogP contribution in [0.4, 0.5) is 14.5 Å². The van der Waals surface area contributed by atoms with Crippen molar-refractivity contribution in [2.75, 3.05) is 5.32 Å². The molecular weight excluding hydrogens is 554 g/mol. The van der Waals surface area contributed by atoms with Crippen LogP contribution < -0.4 is 10.6 Å². The molecule has 0 saturated carbocycles. The lowest BCUT2D eigenvalue weighted by Gasteiger charge is -2.15. The monoisotopic (exact) mass is 586 g/mol. The van der Waals surface area contributed by atoms with E-state index in [9.17, 15) is 4.39 Å². The molecule has 3 heterocycles. The first-order chi connectivity index (χ1) is 21.3. The number of hydrogen-bond donors (Lipinski definition) is 3. The van der Waals surface area contributed by atoms with Crippen molar-refractivity contribution in [2.24, 2.45) is 0 Å². The van der Waals surface area contributed by atoms with Gasteiger partial charge in [0.15, 0.2) is 5.65 Å². The Balaban J connectivity index is 1.42. The molecule has 8 heteroatoms. The van der Waals surface area contributed by atoms with Gasteiger partial charge in [-0.2, -0.15) is 5.10 Å². The van der Waals surface area contributed by atoms with E-state index < -0.39 is 5.82 Å². The summed E-state index contributed by atoms with van der Waals surface area (Å²) in [6.07, 6.45) is 9.02. The summed E-state index contributed by atoms with van der Waals surface area (Å²) in [7, 11) is 0. The summed E-state index contributed by atoms with van der Waals surface area (Å²) in [5.74, 6) is -0.812. The van der Waals surface area contributed by atoms with E-state index in [1.165, 1.54) is 18.3 Å². The minimum Gasteiger partial charge on any atom is -0.359 e. The number of hydrogen-bond acceptors (Lipinski definition) is 5. The van der Waals surface area contributed by atoms with E-state index in [0.717, 1.165) is 22.4 Å². The number of halogens is 2. The van der Waals surface area contributed by atoms with Crippen LogP contribution >= 0.6 is 0 Å². The van der Waals surface area contributed by atoms with E-state index >= 15 is 4.39 Å². The Bertz CT molecular complexity index is 1920. The third-order valence-electron chi connectivity index (χ3n) is 7.16. The molecule has 0 fully saturated rings. The van der Waals surface area contributed by atoms with Gasteiger partial charge in [-0.05, 0) is 73.0 Å². The third kappa shape index (κ3) is 6.39. The van der Waals surface area contributed by atoms with Gasteiger partial charge in [-0.3, -0.25) is 10.1 Å². The Labute approximate surface area is 255 Å². The van der Waals surface area contributed by atoms with E-state index in [4.69, 9.17) is 0 Å². The summed E-state index contributed by atoms with van der Waals surface area (Å²) in [6.45, 7) is 15.9. The van der Waals surface area contributed by atoms with Crippen LogP contribution in [-0.2, 0) is 6.42 Å². The van der Waals surface area contributed by atoms with Crippen LogP contribution in [0.5, 0.6) is 0 Å². The predicted molar refractivity (Wildman–Crippen MR) is 175 cm³/mol. The van der Waals surface area contributed by atoms with Crippen LogP contribution in [0, 0.1) is 18.6 Å². The normalized spacial score (nSPS) is 11.8. The lowest BCUT2D eigenvalue weighted by atomic mass is 10.0. The van der Waals surface area contributed by atoms with Crippen molar-refractivity contribution < 1.29 is 8.78 Å². The zero-order valence-electron chi connectivity index (χ0n) is 24.6. The zero-order valence-corrected chi connectivity index (χ0v) is 24.6. The molecule has 0 bridgehead atoms. The molecule has 3 aromatic heterocycles. The Kier molecular flexibility index (Phi) is 8.90. The van der Waals surface area contributed by atoms with Crippen molar-refractivity contribution >= 4 is 28.0 Å². The third-order valence-corrected chi connectivity index (χ3v) is 7.16. The number of anilines is 1. The smallest absolute Gasteiger partial charge is 0.184 e. The van der Waals surface area contributed by atoms with Gasteiger partial charge in [-0.25, -0.2) is 13.8 Å². The van der Waals surface area contributed by atoms with Crippen LogP contribution in [0.25, 0.3) is 33.6 Å². The Morgan fingerprint density at radius 3 is 2.45 bits per heavy atom. The molecule has 2 aromatic carbocycles. The highest BCUT2D eigenvalue weighted by atomic mass is 19.1. The number of aromatic amines is 1. The minimum atomic E-state index is -0.490. The maximum absolute atomic E-state index is 16.3. The zero-order chi connectivity index (χ0) is 31.2. The second-order valence-electron chi connectivity index (χ2n) is 10.2. The lowest BCUT2D eigenvalue weighted by molar-refractivity contribution is 0.628. The van der Waals surface area contributed by atoms with Gasteiger partial charge in [0, 0.05) is 47.0 Å². The van der Waals surface area contributed by atoms with Gasteiger partial charge >= 0.3 is 0 Å². The van der Waals surface area contributed by atoms with Gasteiger partial charge in [0.1, 0.15) is 11.6 Å². The number of aromatic nitrogens is 4. The number of nitrogens with one attached hydrogen (secondary N) is 3. The van der Waals surface area contributed by atoms with Crippen LogP contribution in [0.1, 0.15) is 29.3 Å². The molecule has 0 unspecified atom stereocenters. The highest BCUT2D eigenvalue weighted by Crippen LogP contribution is 2.32. The van der Waals surface area contributed by atoms with Crippen molar-refractivity contribution in [1.82, 2.24) is 25.5 Å². The number of rotatable bonds is 11. The number of benzene rings is 2. The van der Waals surface area contributed by atoms with E-state index in [2.05, 4.69) is 50.5 Å². The second kappa shape index (κ2) is 13.1. The van der Waals surface area contributed by atoms with Crippen LogP contribution in [0.2, 0.25) is 0 Å². The highest BCUT2D eigenvalue weighted by molar-refractivity contribution is 5.94. The summed E-state index contributed by atoms with van der Waals surface area (Å²) in [5.41, 5.74) is 7.45. The molecule has 0 aliphatic carbocycles. The molecule has 0 amide bonds. The molecule has 0 aliphatic heterocycles. The van der Waals surface area contributed by atoms with Crippen molar-refractivity contribution in [3.8, 4) is 11.3 Å². The minimum absolute atomic E-state index is 0.208. The molecule has 6 nitrogen and oxygen atoms in total. The number of fused-ring (bicyclic) bond motifs is 1. The Morgan fingerprint density at radius 2 is 1.75 bits per heavy atom. The molecule has 0 aliphatic rings. The first kappa shape index (κ1) is 29.8. The van der Waals surface area contributed by atoms with Crippen LogP contribution in [0.15, 0.2) is 122 Å². The summed E-state index contributed by atoms with van der Waals surface area (Å²) in [6, 6.07) is 17.9. The quantitative estimate of drug-likeness (QED) is 0.135. The fourth-order valence-electron chi connectivity index (χ4n) is 4.89. The molecule has 0 atom stereocenters.